The molecule has 0 atom stereocenters. The molecule has 3 nitrogen and oxygen atoms in total. The molecule has 5 heteroatoms. The zero-order valence-electron chi connectivity index (χ0n) is 14.2. The second-order valence-corrected chi connectivity index (χ2v) is 7.32. The van der Waals surface area contributed by atoms with Crippen molar-refractivity contribution in [3.8, 4) is 16.8 Å². The van der Waals surface area contributed by atoms with Crippen molar-refractivity contribution in [1.82, 2.24) is 9.55 Å². The van der Waals surface area contributed by atoms with Gasteiger partial charge in [0.1, 0.15) is 5.15 Å². The lowest BCUT2D eigenvalue weighted by Gasteiger charge is -2.10. The molecule has 0 radical (unpaired) electrons. The molecule has 0 bridgehead atoms. The summed E-state index contributed by atoms with van der Waals surface area (Å²) in [6, 6.07) is 27.6. The normalized spacial score (nSPS) is 10.7. The van der Waals surface area contributed by atoms with Crippen molar-refractivity contribution in [3.05, 3.63) is 107 Å². The predicted molar refractivity (Wildman–Crippen MR) is 111 cm³/mol. The van der Waals surface area contributed by atoms with Crippen molar-refractivity contribution in [1.29, 1.82) is 0 Å². The smallest absolute Gasteiger partial charge is 0.279 e. The number of halogens is 1. The van der Waals surface area contributed by atoms with Crippen LogP contribution in [-0.4, -0.2) is 9.55 Å². The Labute approximate surface area is 166 Å². The van der Waals surface area contributed by atoms with E-state index in [1.165, 1.54) is 16.3 Å². The first kappa shape index (κ1) is 17.6. The Kier molecular flexibility index (Phi) is 5.10. The summed E-state index contributed by atoms with van der Waals surface area (Å²) in [6.45, 7) is 0. The summed E-state index contributed by atoms with van der Waals surface area (Å²) in [6.07, 6.45) is 1.55. The highest BCUT2D eigenvalue weighted by atomic mass is 35.5. The molecule has 0 saturated carbocycles. The molecule has 4 aromatic rings. The van der Waals surface area contributed by atoms with Crippen molar-refractivity contribution in [2.45, 2.75) is 9.92 Å². The lowest BCUT2D eigenvalue weighted by Crippen LogP contribution is -2.20. The Morgan fingerprint density at radius 1 is 0.778 bits per heavy atom. The molecule has 1 heterocycles. The van der Waals surface area contributed by atoms with E-state index in [1.807, 2.05) is 72.8 Å². The quantitative estimate of drug-likeness (QED) is 0.448. The van der Waals surface area contributed by atoms with Gasteiger partial charge in [-0.05, 0) is 35.4 Å². The highest BCUT2D eigenvalue weighted by molar-refractivity contribution is 7.99. The summed E-state index contributed by atoms with van der Waals surface area (Å²) in [5, 5.41) is 0.626. The van der Waals surface area contributed by atoms with Crippen molar-refractivity contribution < 1.29 is 0 Å². The maximum atomic E-state index is 12.9. The van der Waals surface area contributed by atoms with Gasteiger partial charge in [0.05, 0.1) is 6.20 Å². The van der Waals surface area contributed by atoms with Crippen LogP contribution in [0.1, 0.15) is 0 Å². The number of hydrogen-bond donors (Lipinski definition) is 0. The Morgan fingerprint density at radius 2 is 1.37 bits per heavy atom. The number of benzene rings is 3. The molecule has 0 saturated heterocycles. The minimum atomic E-state index is -0.194. The zero-order valence-corrected chi connectivity index (χ0v) is 15.8. The van der Waals surface area contributed by atoms with Crippen molar-refractivity contribution in [2.24, 2.45) is 0 Å². The second kappa shape index (κ2) is 7.82. The maximum Gasteiger partial charge on any atom is 0.288 e. The second-order valence-electron chi connectivity index (χ2n) is 5.87. The summed E-state index contributed by atoms with van der Waals surface area (Å²) >= 11 is 7.49. The van der Waals surface area contributed by atoms with Crippen LogP contribution in [0.4, 0.5) is 0 Å². The molecule has 0 N–H and O–H groups in total. The first-order valence-corrected chi connectivity index (χ1v) is 9.58. The van der Waals surface area contributed by atoms with Gasteiger partial charge in [-0.15, -0.1) is 0 Å². The van der Waals surface area contributed by atoms with Crippen LogP contribution in [0.15, 0.2) is 106 Å². The highest BCUT2D eigenvalue weighted by Gasteiger charge is 2.11. The van der Waals surface area contributed by atoms with E-state index >= 15 is 0 Å². The Bertz CT molecular complexity index is 1110. The molecule has 3 aromatic carbocycles. The summed E-state index contributed by atoms with van der Waals surface area (Å²) in [7, 11) is 0. The Hall–Kier alpha value is -2.82. The molecular formula is C22H15ClN2OS. The molecule has 0 aliphatic rings. The Balaban J connectivity index is 1.70. The lowest BCUT2D eigenvalue weighted by molar-refractivity contribution is 0.883. The minimum absolute atomic E-state index is 0.194. The van der Waals surface area contributed by atoms with Crippen molar-refractivity contribution in [3.63, 3.8) is 0 Å². The summed E-state index contributed by atoms with van der Waals surface area (Å²) in [5.74, 6) is 0. The van der Waals surface area contributed by atoms with E-state index in [4.69, 9.17) is 11.6 Å². The molecule has 1 aromatic heterocycles. The van der Waals surface area contributed by atoms with Gasteiger partial charge in [-0.3, -0.25) is 9.36 Å². The van der Waals surface area contributed by atoms with Gasteiger partial charge in [-0.2, -0.15) is 0 Å². The number of nitrogens with zero attached hydrogens (tertiary/aromatic N) is 2. The van der Waals surface area contributed by atoms with Crippen molar-refractivity contribution >= 4 is 23.4 Å². The maximum absolute atomic E-state index is 12.9. The molecule has 0 aliphatic heterocycles. The lowest BCUT2D eigenvalue weighted by atomic mass is 10.1. The summed E-state index contributed by atoms with van der Waals surface area (Å²) < 4.78 is 1.54. The first-order valence-electron chi connectivity index (χ1n) is 8.39. The third-order valence-electron chi connectivity index (χ3n) is 4.06. The fraction of sp³-hybridized carbons (Fsp3) is 0. The van der Waals surface area contributed by atoms with Crippen LogP contribution in [0.25, 0.3) is 16.8 Å². The number of hydrogen-bond acceptors (Lipinski definition) is 3. The van der Waals surface area contributed by atoms with Crippen LogP contribution in [0, 0.1) is 0 Å². The van der Waals surface area contributed by atoms with E-state index < -0.39 is 0 Å². The van der Waals surface area contributed by atoms with E-state index in [2.05, 4.69) is 17.1 Å². The van der Waals surface area contributed by atoms with Crippen LogP contribution in [0.2, 0.25) is 5.15 Å². The van der Waals surface area contributed by atoms with Crippen LogP contribution >= 0.6 is 23.4 Å². The van der Waals surface area contributed by atoms with Gasteiger partial charge in [0.15, 0.2) is 5.03 Å². The van der Waals surface area contributed by atoms with Crippen LogP contribution in [0.5, 0.6) is 0 Å². The van der Waals surface area contributed by atoms with Crippen LogP contribution < -0.4 is 5.56 Å². The molecule has 27 heavy (non-hydrogen) atoms. The molecule has 0 aliphatic carbocycles. The van der Waals surface area contributed by atoms with E-state index in [-0.39, 0.29) is 10.7 Å². The zero-order chi connectivity index (χ0) is 18.6. The van der Waals surface area contributed by atoms with Gasteiger partial charge in [0.25, 0.3) is 5.56 Å². The third-order valence-corrected chi connectivity index (χ3v) is 5.21. The average Bonchev–Trinajstić information content (AvgIpc) is 2.72. The van der Waals surface area contributed by atoms with Gasteiger partial charge in [-0.25, -0.2) is 4.98 Å². The summed E-state index contributed by atoms with van der Waals surface area (Å²) in [5.41, 5.74) is 2.77. The molecule has 0 amide bonds. The minimum Gasteiger partial charge on any atom is -0.279 e. The molecule has 0 unspecified atom stereocenters. The summed E-state index contributed by atoms with van der Waals surface area (Å²) in [4.78, 5) is 18.1. The van der Waals surface area contributed by atoms with E-state index in [1.54, 1.807) is 6.20 Å². The molecule has 0 spiro atoms. The fourth-order valence-corrected chi connectivity index (χ4v) is 3.82. The van der Waals surface area contributed by atoms with Gasteiger partial charge >= 0.3 is 0 Å². The van der Waals surface area contributed by atoms with E-state index in [9.17, 15) is 4.79 Å². The van der Waals surface area contributed by atoms with Crippen molar-refractivity contribution in [2.75, 3.05) is 0 Å². The third kappa shape index (κ3) is 3.97. The van der Waals surface area contributed by atoms with Gasteiger partial charge in [0, 0.05) is 10.6 Å². The predicted octanol–water partition coefficient (Wildman–Crippen LogP) is 5.70. The first-order chi connectivity index (χ1) is 13.2. The van der Waals surface area contributed by atoms with E-state index in [0.29, 0.717) is 5.03 Å². The van der Waals surface area contributed by atoms with Gasteiger partial charge in [0.2, 0.25) is 0 Å². The number of aromatic nitrogens is 2. The SMILES string of the molecule is O=c1c(Sc2ccccc2)nc(Cl)cn1-c1ccc(-c2ccccc2)cc1. The Morgan fingerprint density at radius 3 is 2.04 bits per heavy atom. The molecule has 0 fully saturated rings. The molecule has 132 valence electrons. The van der Waals surface area contributed by atoms with Gasteiger partial charge in [-0.1, -0.05) is 84.0 Å². The molecular weight excluding hydrogens is 376 g/mol. The molecule has 4 rings (SSSR count). The van der Waals surface area contributed by atoms with Gasteiger partial charge < -0.3 is 0 Å². The monoisotopic (exact) mass is 390 g/mol. The number of rotatable bonds is 4. The standard InChI is InChI=1S/C22H15ClN2OS/c23-20-15-25(22(26)21(24-20)27-19-9-5-2-6-10-19)18-13-11-17(12-14-18)16-7-3-1-4-8-16/h1-15H. The van der Waals surface area contributed by atoms with Crippen LogP contribution in [0.3, 0.4) is 0 Å². The van der Waals surface area contributed by atoms with E-state index in [0.717, 1.165) is 21.7 Å². The highest BCUT2D eigenvalue weighted by Crippen LogP contribution is 2.25. The topological polar surface area (TPSA) is 34.9 Å². The van der Waals surface area contributed by atoms with Crippen LogP contribution in [-0.2, 0) is 0 Å². The fourth-order valence-electron chi connectivity index (χ4n) is 2.75. The largest absolute Gasteiger partial charge is 0.288 e. The average molecular weight is 391 g/mol.